The summed E-state index contributed by atoms with van der Waals surface area (Å²) < 4.78 is 41.1. The molecule has 1 heterocycles. The van der Waals surface area contributed by atoms with Crippen LogP contribution in [0.4, 0.5) is 8.78 Å². The van der Waals surface area contributed by atoms with E-state index in [9.17, 15) is 13.6 Å². The fourth-order valence-corrected chi connectivity index (χ4v) is 1.79. The zero-order valence-corrected chi connectivity index (χ0v) is 11.1. The topological polar surface area (TPSA) is 81.8 Å². The van der Waals surface area contributed by atoms with Crippen LogP contribution < -0.4 is 9.47 Å². The molecule has 0 radical (unpaired) electrons. The predicted molar refractivity (Wildman–Crippen MR) is 67.0 cm³/mol. The predicted octanol–water partition coefficient (Wildman–Crippen LogP) is 2.99. The third-order valence-electron chi connectivity index (χ3n) is 2.79. The zero-order chi connectivity index (χ0) is 15.6. The first-order chi connectivity index (χ1) is 9.97. The number of benzene rings is 1. The van der Waals surface area contributed by atoms with Gasteiger partial charge < -0.3 is 19.1 Å². The Balaban J connectivity index is 2.61. The molecular weight excluding hydrogens is 288 g/mol. The number of hydrogen-bond acceptors (Lipinski definition) is 5. The molecule has 0 amide bonds. The Morgan fingerprint density at radius 2 is 1.86 bits per heavy atom. The molecule has 0 fully saturated rings. The van der Waals surface area contributed by atoms with Crippen LogP contribution in [-0.2, 0) is 0 Å². The Morgan fingerprint density at radius 3 is 2.33 bits per heavy atom. The van der Waals surface area contributed by atoms with Gasteiger partial charge in [0.25, 0.3) is 6.43 Å². The molecule has 112 valence electrons. The first-order valence-corrected chi connectivity index (χ1v) is 5.72. The average Bonchev–Trinajstić information content (AvgIpc) is 2.95. The van der Waals surface area contributed by atoms with E-state index >= 15 is 0 Å². The lowest BCUT2D eigenvalue weighted by Gasteiger charge is -2.12. The smallest absolute Gasteiger partial charge is 0.358 e. The van der Waals surface area contributed by atoms with Gasteiger partial charge in [0.1, 0.15) is 0 Å². The highest BCUT2D eigenvalue weighted by atomic mass is 19.3. The van der Waals surface area contributed by atoms with E-state index in [-0.39, 0.29) is 34.1 Å². The van der Waals surface area contributed by atoms with Crippen molar-refractivity contribution in [2.24, 2.45) is 0 Å². The third-order valence-corrected chi connectivity index (χ3v) is 2.79. The highest BCUT2D eigenvalue weighted by Crippen LogP contribution is 2.39. The van der Waals surface area contributed by atoms with Gasteiger partial charge in [-0.1, -0.05) is 5.16 Å². The van der Waals surface area contributed by atoms with Gasteiger partial charge in [-0.15, -0.1) is 0 Å². The quantitative estimate of drug-likeness (QED) is 0.914. The van der Waals surface area contributed by atoms with E-state index in [1.807, 2.05) is 0 Å². The summed E-state index contributed by atoms with van der Waals surface area (Å²) in [5.74, 6) is -1.06. The SMILES string of the molecule is COc1cc(-c2cc(C(=O)O)no2)c(C(F)F)cc1OC. The molecule has 0 atom stereocenters. The molecule has 0 spiro atoms. The number of methoxy groups -OCH3 is 2. The number of carboxylic acid groups (broad SMARTS) is 1. The fraction of sp³-hybridized carbons (Fsp3) is 0.231. The van der Waals surface area contributed by atoms with Gasteiger partial charge in [0, 0.05) is 17.2 Å². The molecule has 6 nitrogen and oxygen atoms in total. The van der Waals surface area contributed by atoms with Crippen molar-refractivity contribution in [1.29, 1.82) is 0 Å². The Labute approximate surface area is 117 Å². The summed E-state index contributed by atoms with van der Waals surface area (Å²) in [6.07, 6.45) is -2.81. The zero-order valence-electron chi connectivity index (χ0n) is 11.1. The Bertz CT molecular complexity index is 669. The molecule has 21 heavy (non-hydrogen) atoms. The fourth-order valence-electron chi connectivity index (χ4n) is 1.79. The van der Waals surface area contributed by atoms with Crippen LogP contribution in [0.2, 0.25) is 0 Å². The molecule has 2 aromatic rings. The number of rotatable bonds is 5. The van der Waals surface area contributed by atoms with Crippen LogP contribution in [0, 0.1) is 0 Å². The molecule has 0 saturated heterocycles. The van der Waals surface area contributed by atoms with Crippen molar-refractivity contribution in [3.8, 4) is 22.8 Å². The summed E-state index contributed by atoms with van der Waals surface area (Å²) in [6, 6.07) is 3.46. The van der Waals surface area contributed by atoms with E-state index in [0.717, 1.165) is 12.1 Å². The van der Waals surface area contributed by atoms with Crippen molar-refractivity contribution in [2.45, 2.75) is 6.43 Å². The van der Waals surface area contributed by atoms with Gasteiger partial charge in [-0.05, 0) is 12.1 Å². The lowest BCUT2D eigenvalue weighted by molar-refractivity contribution is 0.0685. The Hall–Kier alpha value is -2.64. The van der Waals surface area contributed by atoms with E-state index in [4.69, 9.17) is 19.1 Å². The molecule has 0 bridgehead atoms. The lowest BCUT2D eigenvalue weighted by atomic mass is 10.0. The van der Waals surface area contributed by atoms with Gasteiger partial charge in [-0.2, -0.15) is 0 Å². The molecular formula is C13H11F2NO5. The molecule has 8 heteroatoms. The first-order valence-electron chi connectivity index (χ1n) is 5.72. The highest BCUT2D eigenvalue weighted by Gasteiger charge is 2.22. The summed E-state index contributed by atoms with van der Waals surface area (Å²) in [6.45, 7) is 0. The van der Waals surface area contributed by atoms with Crippen LogP contribution in [-0.4, -0.2) is 30.5 Å². The number of aromatic nitrogens is 1. The second-order valence-corrected chi connectivity index (χ2v) is 3.98. The summed E-state index contributed by atoms with van der Waals surface area (Å²) in [5, 5.41) is 12.1. The summed E-state index contributed by atoms with van der Waals surface area (Å²) in [5.41, 5.74) is -0.761. The second-order valence-electron chi connectivity index (χ2n) is 3.98. The van der Waals surface area contributed by atoms with Gasteiger partial charge in [-0.25, -0.2) is 13.6 Å². The maximum atomic E-state index is 13.2. The molecule has 0 aliphatic heterocycles. The molecule has 0 unspecified atom stereocenters. The third kappa shape index (κ3) is 2.78. The number of carboxylic acids is 1. The van der Waals surface area contributed by atoms with Crippen molar-refractivity contribution < 1.29 is 32.7 Å². The van der Waals surface area contributed by atoms with Crippen LogP contribution in [0.5, 0.6) is 11.5 Å². The molecule has 2 rings (SSSR count). The molecule has 1 aromatic carbocycles. The van der Waals surface area contributed by atoms with Crippen LogP contribution in [0.15, 0.2) is 22.7 Å². The maximum absolute atomic E-state index is 13.2. The number of carbonyl (C=O) groups is 1. The standard InChI is InChI=1S/C13H11F2NO5/c1-19-10-3-6(7(12(14)15)4-11(10)20-2)9-5-8(13(17)18)16-21-9/h3-5,12H,1-2H3,(H,17,18). The van der Waals surface area contributed by atoms with Gasteiger partial charge in [0.15, 0.2) is 23.0 Å². The van der Waals surface area contributed by atoms with Gasteiger partial charge in [0.05, 0.1) is 14.2 Å². The monoisotopic (exact) mass is 299 g/mol. The van der Waals surface area contributed by atoms with E-state index in [1.165, 1.54) is 20.3 Å². The van der Waals surface area contributed by atoms with Gasteiger partial charge in [0.2, 0.25) is 0 Å². The molecule has 0 aliphatic carbocycles. The minimum Gasteiger partial charge on any atom is -0.493 e. The van der Waals surface area contributed by atoms with E-state index in [0.29, 0.717) is 0 Å². The Kier molecular flexibility index (Phi) is 4.06. The minimum absolute atomic E-state index is 0.0114. The molecule has 0 aliphatic rings. The lowest BCUT2D eigenvalue weighted by Crippen LogP contribution is -1.96. The number of halogens is 2. The Morgan fingerprint density at radius 1 is 1.24 bits per heavy atom. The second kappa shape index (κ2) is 5.78. The van der Waals surface area contributed by atoms with Crippen LogP contribution >= 0.6 is 0 Å². The van der Waals surface area contributed by atoms with Gasteiger partial charge >= 0.3 is 5.97 Å². The van der Waals surface area contributed by atoms with E-state index < -0.39 is 12.4 Å². The maximum Gasteiger partial charge on any atom is 0.358 e. The molecule has 1 N–H and O–H groups in total. The first kappa shape index (κ1) is 14.8. The van der Waals surface area contributed by atoms with Crippen molar-refractivity contribution in [3.63, 3.8) is 0 Å². The van der Waals surface area contributed by atoms with E-state index in [1.54, 1.807) is 0 Å². The van der Waals surface area contributed by atoms with Crippen LogP contribution in [0.3, 0.4) is 0 Å². The number of alkyl halides is 2. The van der Waals surface area contributed by atoms with Crippen LogP contribution in [0.1, 0.15) is 22.5 Å². The van der Waals surface area contributed by atoms with Crippen molar-refractivity contribution in [2.75, 3.05) is 14.2 Å². The van der Waals surface area contributed by atoms with E-state index in [2.05, 4.69) is 5.16 Å². The molecule has 1 aromatic heterocycles. The largest absolute Gasteiger partial charge is 0.493 e. The highest BCUT2D eigenvalue weighted by molar-refractivity contribution is 5.86. The number of hydrogen-bond donors (Lipinski definition) is 1. The van der Waals surface area contributed by atoms with Crippen molar-refractivity contribution in [1.82, 2.24) is 5.16 Å². The number of aromatic carboxylic acids is 1. The summed E-state index contributed by atoms with van der Waals surface area (Å²) in [4.78, 5) is 10.8. The average molecular weight is 299 g/mol. The van der Waals surface area contributed by atoms with Gasteiger partial charge in [-0.3, -0.25) is 0 Å². The van der Waals surface area contributed by atoms with Crippen molar-refractivity contribution in [3.05, 3.63) is 29.5 Å². The van der Waals surface area contributed by atoms with Crippen LogP contribution in [0.25, 0.3) is 11.3 Å². The summed E-state index contributed by atoms with van der Waals surface area (Å²) >= 11 is 0. The minimum atomic E-state index is -2.81. The number of nitrogens with zero attached hydrogens (tertiary/aromatic N) is 1. The summed E-state index contributed by atoms with van der Waals surface area (Å²) in [7, 11) is 2.68. The normalized spacial score (nSPS) is 10.7. The number of ether oxygens (including phenoxy) is 2. The molecule has 0 saturated carbocycles. The van der Waals surface area contributed by atoms with Crippen molar-refractivity contribution >= 4 is 5.97 Å².